The maximum Gasteiger partial charge on any atom is 0.239 e. The zero-order valence-electron chi connectivity index (χ0n) is 15.2. The number of carbonyl (C=O) groups excluding carboxylic acids is 1. The van der Waals surface area contributed by atoms with Gasteiger partial charge in [-0.3, -0.25) is 14.7 Å². The topological polar surface area (TPSA) is 96.0 Å². The highest BCUT2D eigenvalue weighted by atomic mass is 19.1. The standard InChI is InChI=1S/C19H23FN6O/c1-22-11-17(25-21)13-2-3-14-10-23-18(9-15(14)8-13)24-19(27)12-26-6-4-16(20)5-7-26/h2-3,8-11,16H,4-7,12,21H2,1H3,(H,23,24,27). The molecule has 2 heterocycles. The Morgan fingerprint density at radius 3 is 2.85 bits per heavy atom. The van der Waals surface area contributed by atoms with Crippen LogP contribution < -0.4 is 11.2 Å². The number of nitrogens with one attached hydrogen (secondary N) is 1. The van der Waals surface area contributed by atoms with E-state index in [1.165, 1.54) is 0 Å². The molecule has 0 unspecified atom stereocenters. The molecular weight excluding hydrogens is 347 g/mol. The zero-order chi connectivity index (χ0) is 19.2. The Balaban J connectivity index is 1.72. The van der Waals surface area contributed by atoms with E-state index < -0.39 is 6.17 Å². The number of carbonyl (C=O) groups is 1. The molecule has 1 amide bonds. The van der Waals surface area contributed by atoms with Crippen molar-refractivity contribution < 1.29 is 9.18 Å². The van der Waals surface area contributed by atoms with Gasteiger partial charge in [0.2, 0.25) is 5.91 Å². The summed E-state index contributed by atoms with van der Waals surface area (Å²) in [7, 11) is 1.65. The molecule has 2 aromatic rings. The van der Waals surface area contributed by atoms with Crippen LogP contribution in [0.2, 0.25) is 0 Å². The van der Waals surface area contributed by atoms with Crippen LogP contribution in [0, 0.1) is 0 Å². The van der Waals surface area contributed by atoms with E-state index in [0.717, 1.165) is 16.3 Å². The van der Waals surface area contributed by atoms with Crippen molar-refractivity contribution in [2.24, 2.45) is 15.9 Å². The SMILES string of the molecule is CN=CC(=NN)c1ccc2cnc(NC(=O)CN3CCC(F)CC3)cc2c1. The van der Waals surface area contributed by atoms with Crippen LogP contribution in [0.25, 0.3) is 10.8 Å². The lowest BCUT2D eigenvalue weighted by Gasteiger charge is -2.27. The summed E-state index contributed by atoms with van der Waals surface area (Å²) in [5.74, 6) is 5.75. The number of aromatic nitrogens is 1. The van der Waals surface area contributed by atoms with Crippen LogP contribution in [0.4, 0.5) is 10.2 Å². The summed E-state index contributed by atoms with van der Waals surface area (Å²) in [5, 5.41) is 8.40. The maximum atomic E-state index is 13.2. The molecule has 1 aromatic carbocycles. The number of nitrogens with two attached hydrogens (primary N) is 1. The van der Waals surface area contributed by atoms with Crippen LogP contribution in [0.3, 0.4) is 0 Å². The van der Waals surface area contributed by atoms with Gasteiger partial charge in [-0.15, -0.1) is 0 Å². The number of hydrogen-bond acceptors (Lipinski definition) is 6. The fourth-order valence-corrected chi connectivity index (χ4v) is 3.12. The van der Waals surface area contributed by atoms with E-state index in [-0.39, 0.29) is 12.5 Å². The lowest BCUT2D eigenvalue weighted by atomic mass is 10.1. The van der Waals surface area contributed by atoms with E-state index in [0.29, 0.717) is 37.5 Å². The number of aliphatic imine (C=N–C) groups is 1. The molecule has 1 aliphatic rings. The maximum absolute atomic E-state index is 13.2. The van der Waals surface area contributed by atoms with E-state index in [4.69, 9.17) is 5.84 Å². The fourth-order valence-electron chi connectivity index (χ4n) is 3.12. The molecule has 1 saturated heterocycles. The zero-order valence-corrected chi connectivity index (χ0v) is 15.2. The second-order valence-electron chi connectivity index (χ2n) is 6.53. The van der Waals surface area contributed by atoms with Crippen molar-refractivity contribution in [1.82, 2.24) is 9.88 Å². The highest BCUT2D eigenvalue weighted by Crippen LogP contribution is 2.19. The summed E-state index contributed by atoms with van der Waals surface area (Å²) < 4.78 is 13.2. The van der Waals surface area contributed by atoms with Gasteiger partial charge in [-0.2, -0.15) is 5.10 Å². The van der Waals surface area contributed by atoms with Gasteiger partial charge in [0.05, 0.1) is 6.54 Å². The van der Waals surface area contributed by atoms with E-state index in [1.54, 1.807) is 19.5 Å². The molecule has 0 radical (unpaired) electrons. The fraction of sp³-hybridized carbons (Fsp3) is 0.368. The molecular formula is C19H23FN6O. The van der Waals surface area contributed by atoms with Crippen LogP contribution >= 0.6 is 0 Å². The normalized spacial score (nSPS) is 16.9. The number of rotatable bonds is 5. The minimum atomic E-state index is -0.750. The number of piperidine rings is 1. The van der Waals surface area contributed by atoms with Gasteiger partial charge in [0.1, 0.15) is 17.7 Å². The second-order valence-corrected chi connectivity index (χ2v) is 6.53. The largest absolute Gasteiger partial charge is 0.323 e. The average molecular weight is 370 g/mol. The van der Waals surface area contributed by atoms with Crippen molar-refractivity contribution in [3.05, 3.63) is 36.0 Å². The molecule has 1 aromatic heterocycles. The third-order valence-electron chi connectivity index (χ3n) is 4.56. The van der Waals surface area contributed by atoms with Crippen LogP contribution in [0.5, 0.6) is 0 Å². The molecule has 1 fully saturated rings. The molecule has 0 spiro atoms. The van der Waals surface area contributed by atoms with Gasteiger partial charge in [-0.25, -0.2) is 9.37 Å². The molecule has 142 valence electrons. The Kier molecular flexibility index (Phi) is 6.08. The number of hydrazone groups is 1. The van der Waals surface area contributed by atoms with Gasteiger partial charge in [0.15, 0.2) is 0 Å². The van der Waals surface area contributed by atoms with Gasteiger partial charge in [0, 0.05) is 43.5 Å². The van der Waals surface area contributed by atoms with Gasteiger partial charge < -0.3 is 11.2 Å². The van der Waals surface area contributed by atoms with Gasteiger partial charge in [-0.1, -0.05) is 12.1 Å². The van der Waals surface area contributed by atoms with E-state index >= 15 is 0 Å². The second kappa shape index (κ2) is 8.68. The number of hydrogen-bond donors (Lipinski definition) is 2. The highest BCUT2D eigenvalue weighted by molar-refractivity contribution is 6.38. The lowest BCUT2D eigenvalue weighted by molar-refractivity contribution is -0.117. The highest BCUT2D eigenvalue weighted by Gasteiger charge is 2.20. The third kappa shape index (κ3) is 4.85. The van der Waals surface area contributed by atoms with Gasteiger partial charge in [-0.05, 0) is 30.4 Å². The molecule has 0 saturated carbocycles. The number of amides is 1. The number of likely N-dealkylation sites (tertiary alicyclic amines) is 1. The summed E-state index contributed by atoms with van der Waals surface area (Å²) in [5.41, 5.74) is 1.39. The summed E-state index contributed by atoms with van der Waals surface area (Å²) >= 11 is 0. The van der Waals surface area contributed by atoms with Crippen LogP contribution in [0.1, 0.15) is 18.4 Å². The first-order valence-electron chi connectivity index (χ1n) is 8.85. The lowest BCUT2D eigenvalue weighted by Crippen LogP contribution is -2.39. The molecule has 8 heteroatoms. The number of nitrogens with zero attached hydrogens (tertiary/aromatic N) is 4. The molecule has 1 aliphatic heterocycles. The van der Waals surface area contributed by atoms with Gasteiger partial charge in [0.25, 0.3) is 0 Å². The monoisotopic (exact) mass is 370 g/mol. The quantitative estimate of drug-likeness (QED) is 0.478. The number of fused-ring (bicyclic) bond motifs is 1. The molecule has 7 nitrogen and oxygen atoms in total. The Morgan fingerprint density at radius 2 is 2.15 bits per heavy atom. The predicted octanol–water partition coefficient (Wildman–Crippen LogP) is 1.97. The van der Waals surface area contributed by atoms with E-state index in [1.807, 2.05) is 29.2 Å². The molecule has 3 rings (SSSR count). The smallest absolute Gasteiger partial charge is 0.239 e. The number of alkyl halides is 1. The van der Waals surface area contributed by atoms with Crippen molar-refractivity contribution in [3.63, 3.8) is 0 Å². The average Bonchev–Trinajstić information content (AvgIpc) is 2.67. The number of pyridine rings is 1. The van der Waals surface area contributed by atoms with Crippen molar-refractivity contribution in [3.8, 4) is 0 Å². The van der Waals surface area contributed by atoms with E-state index in [2.05, 4.69) is 20.4 Å². The first-order valence-corrected chi connectivity index (χ1v) is 8.85. The number of halogens is 1. The number of benzene rings is 1. The minimum Gasteiger partial charge on any atom is -0.323 e. The molecule has 0 atom stereocenters. The summed E-state index contributed by atoms with van der Waals surface area (Å²) in [4.78, 5) is 22.5. The van der Waals surface area contributed by atoms with Crippen molar-refractivity contribution >= 4 is 34.4 Å². The minimum absolute atomic E-state index is 0.155. The van der Waals surface area contributed by atoms with Crippen molar-refractivity contribution in [2.45, 2.75) is 19.0 Å². The molecule has 3 N–H and O–H groups in total. The first kappa shape index (κ1) is 18.9. The van der Waals surface area contributed by atoms with Crippen molar-refractivity contribution in [2.75, 3.05) is 32.0 Å². The van der Waals surface area contributed by atoms with Crippen molar-refractivity contribution in [1.29, 1.82) is 0 Å². The summed E-state index contributed by atoms with van der Waals surface area (Å²) in [6.07, 6.45) is 3.51. The van der Waals surface area contributed by atoms with E-state index in [9.17, 15) is 9.18 Å². The summed E-state index contributed by atoms with van der Waals surface area (Å²) in [6.45, 7) is 1.44. The molecule has 0 aliphatic carbocycles. The Morgan fingerprint density at radius 1 is 1.37 bits per heavy atom. The predicted molar refractivity (Wildman–Crippen MR) is 106 cm³/mol. The Hall–Kier alpha value is -2.87. The number of anilines is 1. The molecule has 27 heavy (non-hydrogen) atoms. The first-order chi connectivity index (χ1) is 13.1. The Bertz CT molecular complexity index is 874. The van der Waals surface area contributed by atoms with Crippen LogP contribution in [0.15, 0.2) is 40.6 Å². The summed E-state index contributed by atoms with van der Waals surface area (Å²) in [6, 6.07) is 7.54. The van der Waals surface area contributed by atoms with Crippen LogP contribution in [-0.2, 0) is 4.79 Å². The third-order valence-corrected chi connectivity index (χ3v) is 4.56. The Labute approximate surface area is 157 Å². The van der Waals surface area contributed by atoms with Gasteiger partial charge >= 0.3 is 0 Å². The van der Waals surface area contributed by atoms with Crippen LogP contribution in [-0.4, -0.2) is 60.6 Å². The molecule has 0 bridgehead atoms.